The van der Waals surface area contributed by atoms with Crippen LogP contribution in [0.15, 0.2) is 74.2 Å². The molecule has 0 aliphatic rings. The van der Waals surface area contributed by atoms with Crippen LogP contribution in [0, 0.1) is 6.92 Å². The molecule has 6 aromatic rings. The number of hydrogen-bond acceptors (Lipinski definition) is 9. The lowest BCUT2D eigenvalue weighted by Gasteiger charge is -2.11. The van der Waals surface area contributed by atoms with Gasteiger partial charge in [0, 0.05) is 16.8 Å². The van der Waals surface area contributed by atoms with Crippen molar-refractivity contribution in [2.75, 3.05) is 19.0 Å². The zero-order valence-electron chi connectivity index (χ0n) is 19.7. The first-order chi connectivity index (χ1) is 18.0. The molecule has 0 saturated heterocycles. The fourth-order valence-electron chi connectivity index (χ4n) is 4.22. The number of carbonyl (C=O) groups excluding carboxylic acids is 2. The SMILES string of the molecule is COc1cc2c(cc1NC(=O)COC(=O)c1cc(-c3ccco3)nc3onc(C)c13)oc1ccccc12. The number of hydrogen-bond donors (Lipinski definition) is 1. The van der Waals surface area contributed by atoms with Crippen LogP contribution >= 0.6 is 0 Å². The molecule has 10 nitrogen and oxygen atoms in total. The molecule has 6 rings (SSSR count). The molecular weight excluding hydrogens is 478 g/mol. The molecule has 0 bridgehead atoms. The number of rotatable bonds is 6. The summed E-state index contributed by atoms with van der Waals surface area (Å²) in [6.45, 7) is 1.15. The van der Waals surface area contributed by atoms with E-state index in [1.165, 1.54) is 19.4 Å². The molecule has 0 atom stereocenters. The van der Waals surface area contributed by atoms with Crippen molar-refractivity contribution in [3.63, 3.8) is 0 Å². The molecule has 10 heteroatoms. The van der Waals surface area contributed by atoms with Gasteiger partial charge in [0.1, 0.15) is 22.6 Å². The minimum atomic E-state index is -0.735. The Kier molecular flexibility index (Phi) is 5.33. The van der Waals surface area contributed by atoms with E-state index in [2.05, 4.69) is 15.5 Å². The van der Waals surface area contributed by atoms with Crippen LogP contribution in [0.25, 0.3) is 44.5 Å². The van der Waals surface area contributed by atoms with E-state index < -0.39 is 18.5 Å². The number of amides is 1. The average molecular weight is 497 g/mol. The molecule has 184 valence electrons. The van der Waals surface area contributed by atoms with Crippen LogP contribution in [0.4, 0.5) is 5.69 Å². The number of aryl methyl sites for hydroxylation is 1. The molecule has 0 aliphatic heterocycles. The third-order valence-corrected chi connectivity index (χ3v) is 5.92. The van der Waals surface area contributed by atoms with E-state index in [4.69, 9.17) is 22.8 Å². The molecule has 0 unspecified atom stereocenters. The number of furan rings is 2. The number of aromatic nitrogens is 2. The third-order valence-electron chi connectivity index (χ3n) is 5.92. The number of nitrogens with one attached hydrogen (secondary N) is 1. The minimum absolute atomic E-state index is 0.157. The van der Waals surface area contributed by atoms with Crippen molar-refractivity contribution in [1.29, 1.82) is 0 Å². The van der Waals surface area contributed by atoms with E-state index in [1.807, 2.05) is 24.3 Å². The zero-order chi connectivity index (χ0) is 25.5. The summed E-state index contributed by atoms with van der Waals surface area (Å²) >= 11 is 0. The normalized spacial score (nSPS) is 11.3. The quantitative estimate of drug-likeness (QED) is 0.297. The smallest absolute Gasteiger partial charge is 0.339 e. The van der Waals surface area contributed by atoms with Gasteiger partial charge in [-0.05, 0) is 37.3 Å². The summed E-state index contributed by atoms with van der Waals surface area (Å²) < 4.78 is 27.3. The van der Waals surface area contributed by atoms with E-state index in [0.717, 1.165) is 16.4 Å². The maximum absolute atomic E-state index is 13.0. The first-order valence-corrected chi connectivity index (χ1v) is 11.3. The van der Waals surface area contributed by atoms with Crippen molar-refractivity contribution in [2.45, 2.75) is 6.92 Å². The Morgan fingerprint density at radius 2 is 1.89 bits per heavy atom. The predicted molar refractivity (Wildman–Crippen MR) is 133 cm³/mol. The first kappa shape index (κ1) is 22.4. The summed E-state index contributed by atoms with van der Waals surface area (Å²) in [5.74, 6) is -0.407. The largest absolute Gasteiger partial charge is 0.495 e. The molecule has 0 saturated carbocycles. The highest BCUT2D eigenvalue weighted by Crippen LogP contribution is 2.36. The number of pyridine rings is 1. The number of nitrogens with zero attached hydrogens (tertiary/aromatic N) is 2. The Bertz CT molecular complexity index is 1800. The Balaban J connectivity index is 1.24. The molecule has 4 aromatic heterocycles. The van der Waals surface area contributed by atoms with Crippen molar-refractivity contribution in [3.05, 3.63) is 72.1 Å². The number of para-hydroxylation sites is 1. The monoisotopic (exact) mass is 497 g/mol. The lowest BCUT2D eigenvalue weighted by atomic mass is 10.1. The minimum Gasteiger partial charge on any atom is -0.495 e. The van der Waals surface area contributed by atoms with Crippen molar-refractivity contribution in [3.8, 4) is 17.2 Å². The summed E-state index contributed by atoms with van der Waals surface area (Å²) in [6, 6.07) is 16.0. The number of carbonyl (C=O) groups is 2. The maximum atomic E-state index is 13.0. The van der Waals surface area contributed by atoms with Crippen LogP contribution in [-0.2, 0) is 9.53 Å². The highest BCUT2D eigenvalue weighted by molar-refractivity contribution is 6.08. The molecule has 0 spiro atoms. The van der Waals surface area contributed by atoms with Crippen LogP contribution in [-0.4, -0.2) is 35.7 Å². The van der Waals surface area contributed by atoms with Gasteiger partial charge in [0.2, 0.25) is 0 Å². The average Bonchev–Trinajstić information content (AvgIpc) is 3.65. The third kappa shape index (κ3) is 3.94. The Morgan fingerprint density at radius 1 is 1.03 bits per heavy atom. The van der Waals surface area contributed by atoms with Crippen molar-refractivity contribution >= 4 is 50.6 Å². The maximum Gasteiger partial charge on any atom is 0.339 e. The molecular formula is C27H19N3O7. The number of benzene rings is 2. The standard InChI is InChI=1S/C27H19N3O7/c1-14-25-17(10-18(21-8-5-9-34-21)29-26(25)37-30-14)27(32)35-13-24(31)28-19-12-22-16(11-23(19)33-2)15-6-3-4-7-20(15)36-22/h3-12H,13H2,1-2H3,(H,28,31). The summed E-state index contributed by atoms with van der Waals surface area (Å²) in [7, 11) is 1.51. The van der Waals surface area contributed by atoms with Crippen LogP contribution in [0.2, 0.25) is 0 Å². The second-order valence-corrected chi connectivity index (χ2v) is 8.25. The number of ether oxygens (including phenoxy) is 2. The van der Waals surface area contributed by atoms with Gasteiger partial charge in [-0.2, -0.15) is 0 Å². The molecule has 1 amide bonds. The number of esters is 1. The lowest BCUT2D eigenvalue weighted by Crippen LogP contribution is -2.21. The van der Waals surface area contributed by atoms with E-state index in [9.17, 15) is 9.59 Å². The second kappa shape index (κ2) is 8.83. The summed E-state index contributed by atoms with van der Waals surface area (Å²) in [5.41, 5.74) is 2.84. The van der Waals surface area contributed by atoms with Crippen molar-refractivity contribution in [2.24, 2.45) is 0 Å². The molecule has 1 N–H and O–H groups in total. The number of fused-ring (bicyclic) bond motifs is 4. The molecule has 0 fully saturated rings. The summed E-state index contributed by atoms with van der Waals surface area (Å²) in [5, 5.41) is 8.81. The van der Waals surface area contributed by atoms with E-state index >= 15 is 0 Å². The van der Waals surface area contributed by atoms with Gasteiger partial charge in [-0.1, -0.05) is 23.4 Å². The van der Waals surface area contributed by atoms with Gasteiger partial charge in [0.25, 0.3) is 11.6 Å². The number of anilines is 1. The van der Waals surface area contributed by atoms with Crippen LogP contribution < -0.4 is 10.1 Å². The summed E-state index contributed by atoms with van der Waals surface area (Å²) in [6.07, 6.45) is 1.49. The Hall–Kier alpha value is -5.12. The fraction of sp³-hybridized carbons (Fsp3) is 0.111. The fourth-order valence-corrected chi connectivity index (χ4v) is 4.22. The Labute approximate surface area is 208 Å². The molecule has 37 heavy (non-hydrogen) atoms. The van der Waals surface area contributed by atoms with Gasteiger partial charge in [-0.3, -0.25) is 4.79 Å². The van der Waals surface area contributed by atoms with E-state index in [1.54, 1.807) is 31.2 Å². The van der Waals surface area contributed by atoms with Gasteiger partial charge in [0.15, 0.2) is 12.4 Å². The molecule has 2 aromatic carbocycles. The van der Waals surface area contributed by atoms with E-state index in [0.29, 0.717) is 39.6 Å². The predicted octanol–water partition coefficient (Wildman–Crippen LogP) is 5.49. The highest BCUT2D eigenvalue weighted by atomic mass is 16.5. The molecule has 0 aliphatic carbocycles. The highest BCUT2D eigenvalue weighted by Gasteiger charge is 2.22. The van der Waals surface area contributed by atoms with Crippen molar-refractivity contribution in [1.82, 2.24) is 10.1 Å². The summed E-state index contributed by atoms with van der Waals surface area (Å²) in [4.78, 5) is 30.1. The number of methoxy groups -OCH3 is 1. The Morgan fingerprint density at radius 3 is 2.70 bits per heavy atom. The van der Waals surface area contributed by atoms with E-state index in [-0.39, 0.29) is 11.3 Å². The molecule has 4 heterocycles. The van der Waals surface area contributed by atoms with Crippen LogP contribution in [0.5, 0.6) is 5.75 Å². The van der Waals surface area contributed by atoms with Crippen LogP contribution in [0.1, 0.15) is 16.1 Å². The van der Waals surface area contributed by atoms with Crippen LogP contribution in [0.3, 0.4) is 0 Å². The van der Waals surface area contributed by atoms with Crippen molar-refractivity contribution < 1.29 is 32.4 Å². The molecule has 0 radical (unpaired) electrons. The van der Waals surface area contributed by atoms with Gasteiger partial charge in [-0.15, -0.1) is 0 Å². The van der Waals surface area contributed by atoms with Gasteiger partial charge >= 0.3 is 5.97 Å². The second-order valence-electron chi connectivity index (χ2n) is 8.25. The topological polar surface area (TPSA) is 130 Å². The van der Waals surface area contributed by atoms with Gasteiger partial charge in [0.05, 0.1) is 35.7 Å². The zero-order valence-corrected chi connectivity index (χ0v) is 19.7. The van der Waals surface area contributed by atoms with Gasteiger partial charge < -0.3 is 28.1 Å². The first-order valence-electron chi connectivity index (χ1n) is 11.3. The lowest BCUT2D eigenvalue weighted by molar-refractivity contribution is -0.119. The van der Waals surface area contributed by atoms with Gasteiger partial charge in [-0.25, -0.2) is 9.78 Å².